The summed E-state index contributed by atoms with van der Waals surface area (Å²) in [5.74, 6) is 0.252. The molecule has 0 aromatic heterocycles. The molecule has 2 aliphatic rings. The van der Waals surface area contributed by atoms with Crippen molar-refractivity contribution in [2.75, 3.05) is 26.2 Å². The maximum Gasteiger partial charge on any atom is 0.269 e. The highest BCUT2D eigenvalue weighted by molar-refractivity contribution is 7.89. The molecule has 8 nitrogen and oxygen atoms in total. The number of hydrogen-bond acceptors (Lipinski definition) is 5. The monoisotopic (exact) mass is 421 g/mol. The lowest BCUT2D eigenvalue weighted by atomic mass is 10.1. The van der Waals surface area contributed by atoms with Gasteiger partial charge in [0.05, 0.1) is 15.7 Å². The second-order valence-corrected chi connectivity index (χ2v) is 10.5. The molecule has 1 aliphatic heterocycles. The zero-order chi connectivity index (χ0) is 21.6. The number of hydrogen-bond donors (Lipinski definition) is 0. The van der Waals surface area contributed by atoms with Crippen LogP contribution in [0.4, 0.5) is 5.69 Å². The Morgan fingerprint density at radius 1 is 1.14 bits per heavy atom. The summed E-state index contributed by atoms with van der Waals surface area (Å²) in [6, 6.07) is 4.87. The summed E-state index contributed by atoms with van der Waals surface area (Å²) in [5, 5.41) is 10.8. The van der Waals surface area contributed by atoms with Crippen molar-refractivity contribution in [1.29, 1.82) is 0 Å². The number of carbonyl (C=O) groups excluding carboxylic acids is 1. The summed E-state index contributed by atoms with van der Waals surface area (Å²) in [6.45, 7) is 9.36. The Bertz CT molecular complexity index is 941. The van der Waals surface area contributed by atoms with E-state index in [2.05, 4.69) is 19.9 Å². The number of benzene rings is 1. The van der Waals surface area contributed by atoms with Gasteiger partial charge in [-0.1, -0.05) is 25.5 Å². The molecule has 3 rings (SSSR count). The minimum absolute atomic E-state index is 0.0230. The Balaban J connectivity index is 1.65. The van der Waals surface area contributed by atoms with E-state index in [1.54, 1.807) is 4.90 Å². The Kier molecular flexibility index (Phi) is 5.57. The second kappa shape index (κ2) is 7.53. The van der Waals surface area contributed by atoms with Crippen LogP contribution in [0.15, 0.2) is 40.8 Å². The van der Waals surface area contributed by atoms with Crippen LogP contribution in [0.5, 0.6) is 0 Å². The van der Waals surface area contributed by atoms with Crippen LogP contribution < -0.4 is 0 Å². The van der Waals surface area contributed by atoms with E-state index >= 15 is 0 Å². The van der Waals surface area contributed by atoms with Gasteiger partial charge in [-0.15, -0.1) is 0 Å². The van der Waals surface area contributed by atoms with E-state index in [1.165, 1.54) is 34.1 Å². The number of amides is 1. The van der Waals surface area contributed by atoms with Gasteiger partial charge in [-0.05, 0) is 37.3 Å². The number of nitro benzene ring substituents is 1. The standard InChI is InChI=1S/C20H27N3O5S/c1-14(2)13-17-18(20(17,3)4)19(24)21-9-11-22(12-10-21)29(27,28)16-7-5-15(6-8-16)23(25)26/h5-8,13,17-18H,9-12H2,1-4H3. The molecule has 0 N–H and O–H groups in total. The summed E-state index contributed by atoms with van der Waals surface area (Å²) >= 11 is 0. The first-order valence-electron chi connectivity index (χ1n) is 9.64. The first-order valence-corrected chi connectivity index (χ1v) is 11.1. The normalized spacial score (nSPS) is 24.1. The van der Waals surface area contributed by atoms with Gasteiger partial charge in [-0.2, -0.15) is 4.31 Å². The number of rotatable bonds is 5. The Morgan fingerprint density at radius 2 is 1.69 bits per heavy atom. The third-order valence-electron chi connectivity index (χ3n) is 5.93. The fraction of sp³-hybridized carbons (Fsp3) is 0.550. The number of piperazine rings is 1. The Morgan fingerprint density at radius 3 is 2.17 bits per heavy atom. The van der Waals surface area contributed by atoms with Crippen molar-refractivity contribution >= 4 is 21.6 Å². The lowest BCUT2D eigenvalue weighted by Crippen LogP contribution is -2.51. The van der Waals surface area contributed by atoms with Crippen LogP contribution in [0.3, 0.4) is 0 Å². The minimum atomic E-state index is -3.74. The first-order chi connectivity index (χ1) is 13.5. The molecular weight excluding hydrogens is 394 g/mol. The van der Waals surface area contributed by atoms with Gasteiger partial charge in [0.15, 0.2) is 0 Å². The van der Waals surface area contributed by atoms with Crippen molar-refractivity contribution in [3.05, 3.63) is 46.0 Å². The molecule has 1 amide bonds. The Hall–Kier alpha value is -2.26. The molecular formula is C20H27N3O5S. The number of non-ortho nitro benzene ring substituents is 1. The molecule has 1 heterocycles. The smallest absolute Gasteiger partial charge is 0.269 e. The van der Waals surface area contributed by atoms with E-state index in [0.29, 0.717) is 13.1 Å². The minimum Gasteiger partial charge on any atom is -0.340 e. The summed E-state index contributed by atoms with van der Waals surface area (Å²) < 4.78 is 27.0. The van der Waals surface area contributed by atoms with Gasteiger partial charge in [0.25, 0.3) is 5.69 Å². The largest absolute Gasteiger partial charge is 0.340 e. The lowest BCUT2D eigenvalue weighted by Gasteiger charge is -2.34. The van der Waals surface area contributed by atoms with Gasteiger partial charge >= 0.3 is 0 Å². The highest BCUT2D eigenvalue weighted by Crippen LogP contribution is 2.60. The summed E-state index contributed by atoms with van der Waals surface area (Å²) in [7, 11) is -3.74. The van der Waals surface area contributed by atoms with Gasteiger partial charge in [0.2, 0.25) is 15.9 Å². The molecule has 1 saturated carbocycles. The topological polar surface area (TPSA) is 101 Å². The first kappa shape index (κ1) is 21.4. The van der Waals surface area contributed by atoms with Gasteiger partial charge in [-0.25, -0.2) is 8.42 Å². The van der Waals surface area contributed by atoms with Crippen molar-refractivity contribution < 1.29 is 18.1 Å². The van der Waals surface area contributed by atoms with Gasteiger partial charge in [0, 0.05) is 38.3 Å². The Labute approximate surface area is 171 Å². The van der Waals surface area contributed by atoms with Crippen LogP contribution in [-0.4, -0.2) is 54.6 Å². The maximum atomic E-state index is 13.0. The third kappa shape index (κ3) is 4.06. The van der Waals surface area contributed by atoms with Gasteiger partial charge < -0.3 is 4.90 Å². The number of carbonyl (C=O) groups is 1. The van der Waals surface area contributed by atoms with E-state index in [0.717, 1.165) is 0 Å². The fourth-order valence-corrected chi connectivity index (χ4v) is 5.48. The van der Waals surface area contributed by atoms with Crippen molar-refractivity contribution in [2.24, 2.45) is 17.3 Å². The molecule has 2 fully saturated rings. The molecule has 0 bridgehead atoms. The van der Waals surface area contributed by atoms with Gasteiger partial charge in [0.1, 0.15) is 0 Å². The SMILES string of the molecule is CC(C)=CC1C(C(=O)N2CCN(S(=O)(=O)c3ccc([N+](=O)[O-])cc3)CC2)C1(C)C. The molecule has 9 heteroatoms. The summed E-state index contributed by atoms with van der Waals surface area (Å²) in [5.41, 5.74) is 0.964. The number of nitro groups is 1. The predicted octanol–water partition coefficient (Wildman–Crippen LogP) is 2.67. The quantitative estimate of drug-likeness (QED) is 0.413. The molecule has 2 unspecified atom stereocenters. The summed E-state index contributed by atoms with van der Waals surface area (Å²) in [6.07, 6.45) is 2.15. The van der Waals surface area contributed by atoms with Crippen molar-refractivity contribution in [1.82, 2.24) is 9.21 Å². The van der Waals surface area contributed by atoms with Crippen molar-refractivity contribution in [2.45, 2.75) is 32.6 Å². The van der Waals surface area contributed by atoms with E-state index < -0.39 is 14.9 Å². The molecule has 29 heavy (non-hydrogen) atoms. The lowest BCUT2D eigenvalue weighted by molar-refractivity contribution is -0.384. The zero-order valence-corrected chi connectivity index (χ0v) is 18.0. The molecule has 1 saturated heterocycles. The van der Waals surface area contributed by atoms with Crippen molar-refractivity contribution in [3.8, 4) is 0 Å². The molecule has 0 radical (unpaired) electrons. The maximum absolute atomic E-state index is 13.0. The summed E-state index contributed by atoms with van der Waals surface area (Å²) in [4.78, 5) is 24.9. The van der Waals surface area contributed by atoms with E-state index in [4.69, 9.17) is 0 Å². The predicted molar refractivity (Wildman–Crippen MR) is 109 cm³/mol. The van der Waals surface area contributed by atoms with Crippen LogP contribution >= 0.6 is 0 Å². The zero-order valence-electron chi connectivity index (χ0n) is 17.2. The third-order valence-corrected chi connectivity index (χ3v) is 7.84. The number of nitrogens with zero attached hydrogens (tertiary/aromatic N) is 3. The molecule has 158 valence electrons. The average Bonchev–Trinajstić information content (AvgIpc) is 3.20. The molecule has 0 spiro atoms. The molecule has 1 aromatic rings. The van der Waals surface area contributed by atoms with Crippen LogP contribution in [0.2, 0.25) is 0 Å². The van der Waals surface area contributed by atoms with E-state index in [-0.39, 0.29) is 46.8 Å². The molecule has 2 atom stereocenters. The van der Waals surface area contributed by atoms with Crippen LogP contribution in [0.1, 0.15) is 27.7 Å². The molecule has 1 aliphatic carbocycles. The van der Waals surface area contributed by atoms with E-state index in [1.807, 2.05) is 13.8 Å². The number of sulfonamides is 1. The second-order valence-electron chi connectivity index (χ2n) is 8.55. The van der Waals surface area contributed by atoms with E-state index in [9.17, 15) is 23.3 Å². The van der Waals surface area contributed by atoms with Crippen LogP contribution in [0, 0.1) is 27.4 Å². The average molecular weight is 422 g/mol. The molecule has 1 aromatic carbocycles. The highest BCUT2D eigenvalue weighted by Gasteiger charge is 2.61. The highest BCUT2D eigenvalue weighted by atomic mass is 32.2. The fourth-order valence-electron chi connectivity index (χ4n) is 4.05. The van der Waals surface area contributed by atoms with Crippen LogP contribution in [0.25, 0.3) is 0 Å². The van der Waals surface area contributed by atoms with Crippen molar-refractivity contribution in [3.63, 3.8) is 0 Å². The number of allylic oxidation sites excluding steroid dienone is 2. The van der Waals surface area contributed by atoms with Gasteiger partial charge in [-0.3, -0.25) is 14.9 Å². The van der Waals surface area contributed by atoms with Crippen LogP contribution in [-0.2, 0) is 14.8 Å².